The van der Waals surface area contributed by atoms with Gasteiger partial charge in [0, 0.05) is 0 Å². The van der Waals surface area contributed by atoms with Gasteiger partial charge < -0.3 is 9.84 Å². The molecule has 5 nitrogen and oxygen atoms in total. The second-order valence-corrected chi connectivity index (χ2v) is 4.54. The third kappa shape index (κ3) is 0.815. The Morgan fingerprint density at radius 1 is 1.40 bits per heavy atom. The molecule has 0 aromatic rings. The third-order valence-corrected chi connectivity index (χ3v) is 3.64. The number of ether oxygens (including phenoxy) is 1. The number of aliphatic hydroxyl groups excluding tert-OH is 1. The summed E-state index contributed by atoms with van der Waals surface area (Å²) in [4.78, 5) is 23.2. The van der Waals surface area contributed by atoms with E-state index in [1.807, 2.05) is 0 Å². The van der Waals surface area contributed by atoms with E-state index in [1.165, 1.54) is 0 Å². The van der Waals surface area contributed by atoms with Gasteiger partial charge >= 0.3 is 0 Å². The zero-order chi connectivity index (χ0) is 10.8. The van der Waals surface area contributed by atoms with Crippen LogP contribution in [0.5, 0.6) is 0 Å². The largest absolute Gasteiger partial charge is 0.393 e. The molecule has 2 fully saturated rings. The molecule has 0 unspecified atom stereocenters. The van der Waals surface area contributed by atoms with E-state index in [-0.39, 0.29) is 18.4 Å². The molecule has 0 aromatic heterocycles. The van der Waals surface area contributed by atoms with E-state index >= 15 is 0 Å². The zero-order valence-corrected chi connectivity index (χ0v) is 8.19. The topological polar surface area (TPSA) is 75.6 Å². The number of fused-ring (bicyclic) bond motifs is 5. The van der Waals surface area contributed by atoms with Gasteiger partial charge in [0.05, 0.1) is 24.0 Å². The number of hydrogen-bond acceptors (Lipinski definition) is 4. The molecule has 15 heavy (non-hydrogen) atoms. The molecule has 0 aromatic carbocycles. The number of imide groups is 1. The summed E-state index contributed by atoms with van der Waals surface area (Å²) in [7, 11) is 0. The Bertz CT molecular complexity index is 404. The average Bonchev–Trinajstić information content (AvgIpc) is 2.75. The predicted octanol–water partition coefficient (Wildman–Crippen LogP) is -1.03. The Morgan fingerprint density at radius 2 is 2.07 bits per heavy atom. The molecule has 0 radical (unpaired) electrons. The molecule has 2 bridgehead atoms. The van der Waals surface area contributed by atoms with Crippen LogP contribution in [-0.4, -0.2) is 34.7 Å². The molecule has 3 heterocycles. The normalized spacial score (nSPS) is 51.1. The number of carbonyl (C=O) groups is 2. The lowest BCUT2D eigenvalue weighted by Gasteiger charge is -2.24. The van der Waals surface area contributed by atoms with Crippen LogP contribution in [0.4, 0.5) is 0 Å². The van der Waals surface area contributed by atoms with Crippen molar-refractivity contribution in [3.63, 3.8) is 0 Å². The van der Waals surface area contributed by atoms with Crippen LogP contribution < -0.4 is 5.32 Å². The highest BCUT2D eigenvalue weighted by Crippen LogP contribution is 2.55. The summed E-state index contributed by atoms with van der Waals surface area (Å²) in [5, 5.41) is 11.6. The first-order chi connectivity index (χ1) is 7.02. The van der Waals surface area contributed by atoms with Crippen LogP contribution in [-0.2, 0) is 14.3 Å². The molecule has 2 N–H and O–H groups in total. The van der Waals surface area contributed by atoms with Crippen LogP contribution in [0.2, 0.25) is 0 Å². The minimum absolute atomic E-state index is 0.277. The second-order valence-electron chi connectivity index (χ2n) is 4.54. The van der Waals surface area contributed by atoms with Crippen LogP contribution in [0.15, 0.2) is 12.2 Å². The maximum Gasteiger partial charge on any atom is 0.233 e. The molecule has 3 aliphatic rings. The predicted molar refractivity (Wildman–Crippen MR) is 48.6 cm³/mol. The Balaban J connectivity index is 2.16. The standard InChI is InChI=1S/C10H11NO4/c1-9-2-3-10(4-12,15-9)6-5(9)7(13)11-8(6)14/h2-3,5-6,12H,4H2,1H3,(H,11,13,14)/t5-,6+,9+,10-/m0/s1. The molecule has 3 aliphatic heterocycles. The summed E-state index contributed by atoms with van der Waals surface area (Å²) in [5.74, 6) is -1.72. The lowest BCUT2D eigenvalue weighted by molar-refractivity contribution is -0.134. The lowest BCUT2D eigenvalue weighted by atomic mass is 9.73. The molecule has 80 valence electrons. The van der Waals surface area contributed by atoms with Crippen LogP contribution in [0, 0.1) is 11.8 Å². The number of nitrogens with one attached hydrogen (secondary N) is 1. The van der Waals surface area contributed by atoms with Gasteiger partial charge in [-0.25, -0.2) is 0 Å². The van der Waals surface area contributed by atoms with Gasteiger partial charge in [-0.15, -0.1) is 0 Å². The van der Waals surface area contributed by atoms with Crippen molar-refractivity contribution >= 4 is 11.8 Å². The van der Waals surface area contributed by atoms with E-state index in [9.17, 15) is 14.7 Å². The van der Waals surface area contributed by atoms with E-state index < -0.39 is 23.0 Å². The van der Waals surface area contributed by atoms with Gasteiger partial charge in [-0.2, -0.15) is 0 Å². The molecular weight excluding hydrogens is 198 g/mol. The molecule has 5 heteroatoms. The Labute approximate surface area is 86.1 Å². The summed E-state index contributed by atoms with van der Waals surface area (Å²) >= 11 is 0. The van der Waals surface area contributed by atoms with Crippen molar-refractivity contribution in [2.24, 2.45) is 11.8 Å². The molecule has 2 saturated heterocycles. The first-order valence-electron chi connectivity index (χ1n) is 4.88. The van der Waals surface area contributed by atoms with Gasteiger partial charge in [0.15, 0.2) is 0 Å². The maximum atomic E-state index is 11.6. The Kier molecular flexibility index (Phi) is 1.39. The molecule has 3 rings (SSSR count). The first-order valence-corrected chi connectivity index (χ1v) is 4.88. The van der Waals surface area contributed by atoms with Gasteiger partial charge in [-0.1, -0.05) is 12.2 Å². The van der Waals surface area contributed by atoms with Crippen molar-refractivity contribution in [1.82, 2.24) is 5.32 Å². The fourth-order valence-corrected chi connectivity index (χ4v) is 2.98. The molecule has 2 amide bonds. The number of carbonyl (C=O) groups excluding carboxylic acids is 2. The summed E-state index contributed by atoms with van der Waals surface area (Å²) < 4.78 is 5.66. The third-order valence-electron chi connectivity index (χ3n) is 3.64. The number of hydrogen-bond donors (Lipinski definition) is 2. The SMILES string of the molecule is C[C@]12C=C[C@@](CO)(O1)[C@H]1C(=O)NC(=O)[C@H]12. The first kappa shape index (κ1) is 9.06. The van der Waals surface area contributed by atoms with Crippen LogP contribution in [0.25, 0.3) is 0 Å². The van der Waals surface area contributed by atoms with Crippen LogP contribution >= 0.6 is 0 Å². The summed E-state index contributed by atoms with van der Waals surface area (Å²) in [6.45, 7) is 1.49. The van der Waals surface area contributed by atoms with E-state index in [2.05, 4.69) is 5.32 Å². The minimum atomic E-state index is -0.990. The molecule has 0 spiro atoms. The van der Waals surface area contributed by atoms with Crippen molar-refractivity contribution in [2.75, 3.05) is 6.61 Å². The lowest BCUT2D eigenvalue weighted by Crippen LogP contribution is -2.42. The monoisotopic (exact) mass is 209 g/mol. The van der Waals surface area contributed by atoms with Crippen molar-refractivity contribution in [3.8, 4) is 0 Å². The molecule has 0 aliphatic carbocycles. The van der Waals surface area contributed by atoms with Crippen LogP contribution in [0.1, 0.15) is 6.92 Å². The van der Waals surface area contributed by atoms with Crippen molar-refractivity contribution in [2.45, 2.75) is 18.1 Å². The summed E-state index contributed by atoms with van der Waals surface area (Å²) in [6, 6.07) is 0. The quantitative estimate of drug-likeness (QED) is 0.427. The summed E-state index contributed by atoms with van der Waals surface area (Å²) in [5.41, 5.74) is -1.74. The van der Waals surface area contributed by atoms with E-state index in [0.29, 0.717) is 0 Å². The highest BCUT2D eigenvalue weighted by atomic mass is 16.5. The van der Waals surface area contributed by atoms with Crippen molar-refractivity contribution in [1.29, 1.82) is 0 Å². The summed E-state index contributed by atoms with van der Waals surface area (Å²) in [6.07, 6.45) is 3.47. The van der Waals surface area contributed by atoms with Crippen molar-refractivity contribution in [3.05, 3.63) is 12.2 Å². The van der Waals surface area contributed by atoms with Crippen LogP contribution in [0.3, 0.4) is 0 Å². The van der Waals surface area contributed by atoms with Gasteiger partial charge in [-0.3, -0.25) is 14.9 Å². The van der Waals surface area contributed by atoms with Gasteiger partial charge in [-0.05, 0) is 6.92 Å². The van der Waals surface area contributed by atoms with Crippen molar-refractivity contribution < 1.29 is 19.4 Å². The fraction of sp³-hybridized carbons (Fsp3) is 0.600. The number of amides is 2. The number of aliphatic hydroxyl groups is 1. The van der Waals surface area contributed by atoms with Gasteiger partial charge in [0.2, 0.25) is 11.8 Å². The molecule has 4 atom stereocenters. The smallest absolute Gasteiger partial charge is 0.233 e. The minimum Gasteiger partial charge on any atom is -0.393 e. The maximum absolute atomic E-state index is 11.6. The van der Waals surface area contributed by atoms with Gasteiger partial charge in [0.25, 0.3) is 0 Å². The number of rotatable bonds is 1. The zero-order valence-electron chi connectivity index (χ0n) is 8.19. The second kappa shape index (κ2) is 2.31. The highest BCUT2D eigenvalue weighted by Gasteiger charge is 2.69. The Hall–Kier alpha value is -1.20. The Morgan fingerprint density at radius 3 is 2.73 bits per heavy atom. The molecule has 0 saturated carbocycles. The van der Waals surface area contributed by atoms with Gasteiger partial charge in [0.1, 0.15) is 5.60 Å². The van der Waals surface area contributed by atoms with E-state index in [1.54, 1.807) is 19.1 Å². The highest BCUT2D eigenvalue weighted by molar-refractivity contribution is 6.07. The average molecular weight is 209 g/mol. The van der Waals surface area contributed by atoms with E-state index in [0.717, 1.165) is 0 Å². The molecular formula is C10H11NO4. The van der Waals surface area contributed by atoms with E-state index in [4.69, 9.17) is 4.74 Å². The fourth-order valence-electron chi connectivity index (χ4n) is 2.98.